The van der Waals surface area contributed by atoms with Crippen LogP contribution in [0.5, 0.6) is 11.5 Å². The fourth-order valence-electron chi connectivity index (χ4n) is 5.41. The Morgan fingerprint density at radius 1 is 0.615 bits per heavy atom. The average Bonchev–Trinajstić information content (AvgIpc) is 3.52. The maximum Gasteiger partial charge on any atom is 2.00 e. The zero-order valence-electron chi connectivity index (χ0n) is 20.8. The summed E-state index contributed by atoms with van der Waals surface area (Å²) in [5.41, 5.74) is 6.91. The van der Waals surface area contributed by atoms with E-state index in [0.29, 0.717) is 11.5 Å². The third-order valence-electron chi connectivity index (χ3n) is 7.15. The minimum absolute atomic E-state index is 0. The van der Waals surface area contributed by atoms with Gasteiger partial charge in [0.2, 0.25) is 0 Å². The Kier molecular flexibility index (Phi) is 5.48. The molecule has 0 N–H and O–H groups in total. The molecule has 0 spiro atoms. The van der Waals surface area contributed by atoms with E-state index in [2.05, 4.69) is 63.6 Å². The SMILES string of the molecule is Cn1c(-c2[c-]c(Oc3[c-]c4c(cc3)c3ccccc3n3c5ccccc5nc43)ccc2)nc2ccccc21.[Pd+2]. The summed E-state index contributed by atoms with van der Waals surface area (Å²) in [5, 5.41) is 3.16. The van der Waals surface area contributed by atoms with Crippen LogP contribution in [0.4, 0.5) is 0 Å². The number of imidazole rings is 2. The van der Waals surface area contributed by atoms with E-state index in [-0.39, 0.29) is 20.4 Å². The largest absolute Gasteiger partial charge is 2.00 e. The van der Waals surface area contributed by atoms with Crippen molar-refractivity contribution in [2.75, 3.05) is 0 Å². The zero-order valence-corrected chi connectivity index (χ0v) is 22.4. The normalized spacial score (nSPS) is 11.5. The fourth-order valence-corrected chi connectivity index (χ4v) is 5.41. The number of hydrogen-bond donors (Lipinski definition) is 0. The molecule has 5 aromatic carbocycles. The summed E-state index contributed by atoms with van der Waals surface area (Å²) in [6, 6.07) is 41.6. The van der Waals surface area contributed by atoms with Crippen LogP contribution in [0.3, 0.4) is 0 Å². The van der Waals surface area contributed by atoms with Gasteiger partial charge in [0, 0.05) is 24.1 Å². The molecule has 8 rings (SSSR count). The first-order chi connectivity index (χ1) is 18.7. The number of aryl methyl sites for hydroxylation is 1. The van der Waals surface area contributed by atoms with Crippen LogP contribution in [0.1, 0.15) is 0 Å². The molecule has 0 bridgehead atoms. The average molecular weight is 595 g/mol. The van der Waals surface area contributed by atoms with Crippen LogP contribution in [0.15, 0.2) is 103 Å². The molecule has 39 heavy (non-hydrogen) atoms. The van der Waals surface area contributed by atoms with Gasteiger partial charge in [-0.05, 0) is 35.7 Å². The molecule has 0 atom stereocenters. The second kappa shape index (κ2) is 9.06. The maximum absolute atomic E-state index is 6.31. The molecule has 5 nitrogen and oxygen atoms in total. The van der Waals surface area contributed by atoms with Crippen LogP contribution in [0.2, 0.25) is 0 Å². The van der Waals surface area contributed by atoms with Crippen molar-refractivity contribution in [3.8, 4) is 22.9 Å². The molecule has 0 aliphatic carbocycles. The smallest absolute Gasteiger partial charge is 0.497 e. The Bertz CT molecular complexity index is 2190. The number of hydrogen-bond acceptors (Lipinski definition) is 3. The molecular weight excluding hydrogens is 575 g/mol. The van der Waals surface area contributed by atoms with Crippen LogP contribution in [-0.4, -0.2) is 18.9 Å². The first kappa shape index (κ1) is 23.6. The van der Waals surface area contributed by atoms with Crippen molar-refractivity contribution in [2.24, 2.45) is 7.05 Å². The van der Waals surface area contributed by atoms with Gasteiger partial charge in [-0.1, -0.05) is 71.4 Å². The van der Waals surface area contributed by atoms with E-state index < -0.39 is 0 Å². The monoisotopic (exact) mass is 594 g/mol. The van der Waals surface area contributed by atoms with Gasteiger partial charge < -0.3 is 13.7 Å². The molecule has 0 radical (unpaired) electrons. The summed E-state index contributed by atoms with van der Waals surface area (Å²) in [6.07, 6.45) is 0. The van der Waals surface area contributed by atoms with Gasteiger partial charge in [0.1, 0.15) is 0 Å². The van der Waals surface area contributed by atoms with Crippen molar-refractivity contribution >= 4 is 49.4 Å². The Morgan fingerprint density at radius 2 is 1.31 bits per heavy atom. The Balaban J connectivity index is 0.00000253. The molecular formula is C33H20N4OPd. The van der Waals surface area contributed by atoms with Crippen LogP contribution in [0.25, 0.3) is 60.8 Å². The van der Waals surface area contributed by atoms with Gasteiger partial charge in [-0.15, -0.1) is 29.8 Å². The first-order valence-electron chi connectivity index (χ1n) is 12.5. The van der Waals surface area contributed by atoms with Crippen molar-refractivity contribution < 1.29 is 25.2 Å². The molecule has 188 valence electrons. The van der Waals surface area contributed by atoms with Crippen LogP contribution >= 0.6 is 0 Å². The van der Waals surface area contributed by atoms with Crippen molar-refractivity contribution in [1.82, 2.24) is 18.9 Å². The maximum atomic E-state index is 6.31. The van der Waals surface area contributed by atoms with Crippen molar-refractivity contribution in [3.05, 3.63) is 115 Å². The van der Waals surface area contributed by atoms with E-state index in [9.17, 15) is 0 Å². The number of nitrogens with zero attached hydrogens (tertiary/aromatic N) is 4. The number of rotatable bonds is 3. The molecule has 0 fully saturated rings. The zero-order chi connectivity index (χ0) is 25.2. The third kappa shape index (κ3) is 3.65. The molecule has 0 unspecified atom stereocenters. The quantitative estimate of drug-likeness (QED) is 0.119. The molecule has 3 heterocycles. The molecule has 0 aliphatic heterocycles. The number of ether oxygens (including phenoxy) is 1. The van der Waals surface area contributed by atoms with Crippen LogP contribution in [0, 0.1) is 12.1 Å². The van der Waals surface area contributed by atoms with E-state index in [1.54, 1.807) is 0 Å². The Morgan fingerprint density at radius 3 is 2.13 bits per heavy atom. The standard InChI is InChI=1S/C33H20N4O.Pd/c1-36-30-15-6-3-12-27(30)34-32(36)21-9-8-10-22(19-21)38-23-17-18-24-25-11-2-5-14-29(25)37-31-16-7-4-13-28(31)35-33(37)26(24)20-23;/h2-18H,1H3;/q-2;+2. The Hall–Kier alpha value is -4.50. The predicted octanol–water partition coefficient (Wildman–Crippen LogP) is 7.74. The Labute approximate surface area is 238 Å². The van der Waals surface area contributed by atoms with E-state index in [4.69, 9.17) is 14.7 Å². The van der Waals surface area contributed by atoms with Gasteiger partial charge in [0.15, 0.2) is 0 Å². The first-order valence-corrected chi connectivity index (χ1v) is 12.5. The van der Waals surface area contributed by atoms with Gasteiger partial charge >= 0.3 is 20.4 Å². The predicted molar refractivity (Wildman–Crippen MR) is 152 cm³/mol. The van der Waals surface area contributed by atoms with Gasteiger partial charge in [-0.2, -0.15) is 0 Å². The van der Waals surface area contributed by atoms with E-state index >= 15 is 0 Å². The van der Waals surface area contributed by atoms with Gasteiger partial charge in [-0.3, -0.25) is 9.97 Å². The summed E-state index contributed by atoms with van der Waals surface area (Å²) in [4.78, 5) is 9.80. The van der Waals surface area contributed by atoms with Gasteiger partial charge in [0.25, 0.3) is 0 Å². The van der Waals surface area contributed by atoms with Gasteiger partial charge in [-0.25, -0.2) is 0 Å². The molecule has 0 amide bonds. The summed E-state index contributed by atoms with van der Waals surface area (Å²) >= 11 is 0. The van der Waals surface area contributed by atoms with Crippen molar-refractivity contribution in [3.63, 3.8) is 0 Å². The molecule has 0 aliphatic rings. The number of para-hydroxylation sites is 5. The van der Waals surface area contributed by atoms with Crippen molar-refractivity contribution in [2.45, 2.75) is 0 Å². The number of aromatic nitrogens is 4. The molecule has 0 saturated carbocycles. The van der Waals surface area contributed by atoms with E-state index in [1.807, 2.05) is 67.7 Å². The van der Waals surface area contributed by atoms with Crippen molar-refractivity contribution in [1.29, 1.82) is 0 Å². The third-order valence-corrected chi connectivity index (χ3v) is 7.15. The molecule has 8 aromatic rings. The molecule has 0 saturated heterocycles. The second-order valence-corrected chi connectivity index (χ2v) is 9.40. The van der Waals surface area contributed by atoms with Crippen LogP contribution in [-0.2, 0) is 27.5 Å². The topological polar surface area (TPSA) is 44.4 Å². The summed E-state index contributed by atoms with van der Waals surface area (Å²) in [7, 11) is 2.02. The minimum Gasteiger partial charge on any atom is -0.497 e. The van der Waals surface area contributed by atoms with Crippen LogP contribution < -0.4 is 4.74 Å². The fraction of sp³-hybridized carbons (Fsp3) is 0.0303. The molecule has 3 aromatic heterocycles. The number of fused-ring (bicyclic) bond motifs is 9. The number of pyridine rings is 1. The summed E-state index contributed by atoms with van der Waals surface area (Å²) < 4.78 is 10.6. The summed E-state index contributed by atoms with van der Waals surface area (Å²) in [6.45, 7) is 0. The summed E-state index contributed by atoms with van der Waals surface area (Å²) in [5.74, 6) is 2.06. The minimum atomic E-state index is 0. The van der Waals surface area contributed by atoms with E-state index in [1.165, 1.54) is 0 Å². The number of benzene rings is 5. The molecule has 6 heteroatoms. The van der Waals surface area contributed by atoms with Gasteiger partial charge in [0.05, 0.1) is 33.5 Å². The second-order valence-electron chi connectivity index (χ2n) is 9.40. The van der Waals surface area contributed by atoms with E-state index in [0.717, 1.165) is 60.8 Å².